The van der Waals surface area contributed by atoms with E-state index in [9.17, 15) is 24.2 Å². The zero-order chi connectivity index (χ0) is 18.2. The van der Waals surface area contributed by atoms with Crippen molar-refractivity contribution in [2.45, 2.75) is 51.3 Å². The molecule has 0 unspecified atom stereocenters. The Morgan fingerprint density at radius 3 is 2.72 bits per heavy atom. The molecule has 25 heavy (non-hydrogen) atoms. The van der Waals surface area contributed by atoms with Crippen molar-refractivity contribution in [3.05, 3.63) is 35.5 Å². The third-order valence-corrected chi connectivity index (χ3v) is 7.44. The topological polar surface area (TPSA) is 74.6 Å². The molecule has 0 aromatic heterocycles. The smallest absolute Gasteiger partial charge is 0.336 e. The van der Waals surface area contributed by atoms with E-state index in [2.05, 4.69) is 0 Å². The van der Waals surface area contributed by atoms with E-state index in [4.69, 9.17) is 0 Å². The molecule has 0 heterocycles. The Bertz CT molecular complexity index is 766. The average molecular weight is 346 g/mol. The highest BCUT2D eigenvalue weighted by Crippen LogP contribution is 2.65. The minimum atomic E-state index is -1.76. The molecule has 5 heteroatoms. The second-order valence-corrected chi connectivity index (χ2v) is 8.44. The first-order valence-corrected chi connectivity index (χ1v) is 8.89. The van der Waals surface area contributed by atoms with Gasteiger partial charge in [-0.05, 0) is 62.2 Å². The standard InChI is InChI=1S/C20H23FO4/c1-18-6-3-11(22)9-15(18)16(21)10-12-13(18)4-7-19(2)14(12)5-8-20(19,25)17(23)24/h3-4,6,9,12,14,16,25H,5,7-8,10H2,1-2H3,(H,23,24)/t12-,14+,16+,18-,19+,20+/m1/s1. The molecule has 0 aromatic carbocycles. The zero-order valence-electron chi connectivity index (χ0n) is 14.5. The maximum Gasteiger partial charge on any atom is 0.336 e. The first-order chi connectivity index (χ1) is 11.6. The molecule has 0 radical (unpaired) electrons. The van der Waals surface area contributed by atoms with Crippen LogP contribution in [-0.4, -0.2) is 33.7 Å². The lowest BCUT2D eigenvalue weighted by molar-refractivity contribution is -0.174. The number of hydrogen-bond donors (Lipinski definition) is 2. The Labute approximate surface area is 146 Å². The molecule has 2 N–H and O–H groups in total. The molecule has 4 nitrogen and oxygen atoms in total. The highest BCUT2D eigenvalue weighted by atomic mass is 19.1. The van der Waals surface area contributed by atoms with E-state index < -0.39 is 28.6 Å². The van der Waals surface area contributed by atoms with Crippen molar-refractivity contribution < 1.29 is 24.2 Å². The number of carbonyl (C=O) groups is 2. The van der Waals surface area contributed by atoms with Crippen molar-refractivity contribution in [3.8, 4) is 0 Å². The number of hydrogen-bond acceptors (Lipinski definition) is 3. The van der Waals surface area contributed by atoms with Crippen LogP contribution in [0.4, 0.5) is 4.39 Å². The van der Waals surface area contributed by atoms with Crippen LogP contribution >= 0.6 is 0 Å². The van der Waals surface area contributed by atoms with E-state index in [1.54, 1.807) is 6.08 Å². The molecule has 0 aliphatic heterocycles. The molecule has 0 aromatic rings. The summed E-state index contributed by atoms with van der Waals surface area (Å²) in [7, 11) is 0. The fourth-order valence-corrected chi connectivity index (χ4v) is 5.90. The molecule has 4 rings (SSSR count). The maximum atomic E-state index is 15.0. The van der Waals surface area contributed by atoms with Gasteiger partial charge in [0, 0.05) is 10.8 Å². The summed E-state index contributed by atoms with van der Waals surface area (Å²) >= 11 is 0. The van der Waals surface area contributed by atoms with E-state index in [0.717, 1.165) is 5.57 Å². The molecular weight excluding hydrogens is 323 g/mol. The average Bonchev–Trinajstić information content (AvgIpc) is 2.83. The van der Waals surface area contributed by atoms with E-state index >= 15 is 0 Å². The second kappa shape index (κ2) is 4.91. The van der Waals surface area contributed by atoms with Gasteiger partial charge in [0.25, 0.3) is 0 Å². The SMILES string of the molecule is C[C@]12C=CC(=O)C=C1[C@@H](F)C[C@@H]1C2=CC[C@@]2(C)[C@H]1CC[C@]2(O)C(=O)O. The molecule has 2 fully saturated rings. The van der Waals surface area contributed by atoms with Crippen molar-refractivity contribution in [1.29, 1.82) is 0 Å². The molecule has 0 amide bonds. The van der Waals surface area contributed by atoms with Gasteiger partial charge in [-0.25, -0.2) is 9.18 Å². The van der Waals surface area contributed by atoms with Crippen molar-refractivity contribution in [2.24, 2.45) is 22.7 Å². The minimum Gasteiger partial charge on any atom is -0.479 e. The van der Waals surface area contributed by atoms with Crippen LogP contribution in [0.1, 0.15) is 39.5 Å². The molecule has 0 spiro atoms. The Balaban J connectivity index is 1.82. The van der Waals surface area contributed by atoms with Gasteiger partial charge in [-0.15, -0.1) is 0 Å². The van der Waals surface area contributed by atoms with Crippen LogP contribution in [0, 0.1) is 22.7 Å². The van der Waals surface area contributed by atoms with Gasteiger partial charge in [0.15, 0.2) is 11.4 Å². The maximum absolute atomic E-state index is 15.0. The summed E-state index contributed by atoms with van der Waals surface area (Å²) < 4.78 is 15.0. The van der Waals surface area contributed by atoms with Gasteiger partial charge >= 0.3 is 5.97 Å². The third kappa shape index (κ3) is 1.90. The summed E-state index contributed by atoms with van der Waals surface area (Å²) in [5.41, 5.74) is -1.59. The summed E-state index contributed by atoms with van der Waals surface area (Å²) in [5, 5.41) is 20.4. The lowest BCUT2D eigenvalue weighted by Gasteiger charge is -2.53. The summed E-state index contributed by atoms with van der Waals surface area (Å²) in [6.07, 6.45) is 6.96. The Hall–Kier alpha value is -1.75. The minimum absolute atomic E-state index is 0.0729. The number of fused-ring (bicyclic) bond motifs is 5. The molecule has 2 saturated carbocycles. The van der Waals surface area contributed by atoms with Gasteiger partial charge in [0.1, 0.15) is 6.17 Å². The fraction of sp³-hybridized carbons (Fsp3) is 0.600. The second-order valence-electron chi connectivity index (χ2n) is 8.44. The predicted molar refractivity (Wildman–Crippen MR) is 89.5 cm³/mol. The zero-order valence-corrected chi connectivity index (χ0v) is 14.5. The van der Waals surface area contributed by atoms with Crippen LogP contribution in [0.25, 0.3) is 0 Å². The monoisotopic (exact) mass is 346 g/mol. The van der Waals surface area contributed by atoms with Crippen LogP contribution in [0.5, 0.6) is 0 Å². The van der Waals surface area contributed by atoms with Gasteiger partial charge in [-0.2, -0.15) is 0 Å². The van der Waals surface area contributed by atoms with Crippen LogP contribution in [0.2, 0.25) is 0 Å². The number of rotatable bonds is 1. The quantitative estimate of drug-likeness (QED) is 0.716. The van der Waals surface area contributed by atoms with Crippen LogP contribution in [0.15, 0.2) is 35.5 Å². The molecule has 0 bridgehead atoms. The van der Waals surface area contributed by atoms with Gasteiger partial charge in [-0.1, -0.05) is 24.6 Å². The first kappa shape index (κ1) is 16.7. The van der Waals surface area contributed by atoms with Gasteiger partial charge in [0.2, 0.25) is 0 Å². The first-order valence-electron chi connectivity index (χ1n) is 8.89. The summed E-state index contributed by atoms with van der Waals surface area (Å²) in [6.45, 7) is 3.76. The number of carbonyl (C=O) groups excluding carboxylic acids is 1. The predicted octanol–water partition coefficient (Wildman–Crippen LogP) is 2.98. The Morgan fingerprint density at radius 1 is 1.32 bits per heavy atom. The number of aliphatic carboxylic acids is 1. The highest BCUT2D eigenvalue weighted by Gasteiger charge is 2.65. The number of ketones is 1. The van der Waals surface area contributed by atoms with Crippen molar-refractivity contribution in [1.82, 2.24) is 0 Å². The van der Waals surface area contributed by atoms with Crippen LogP contribution < -0.4 is 0 Å². The molecule has 134 valence electrons. The molecule has 4 aliphatic rings. The largest absolute Gasteiger partial charge is 0.479 e. The molecular formula is C20H23FO4. The normalized spacial score (nSPS) is 48.2. The lowest BCUT2D eigenvalue weighted by Crippen LogP contribution is -2.55. The van der Waals surface area contributed by atoms with Crippen molar-refractivity contribution >= 4 is 11.8 Å². The van der Waals surface area contributed by atoms with E-state index in [0.29, 0.717) is 18.4 Å². The van der Waals surface area contributed by atoms with Crippen molar-refractivity contribution in [3.63, 3.8) is 0 Å². The van der Waals surface area contributed by atoms with Gasteiger partial charge in [0.05, 0.1) is 0 Å². The van der Waals surface area contributed by atoms with Crippen LogP contribution in [-0.2, 0) is 9.59 Å². The molecule has 6 atom stereocenters. The van der Waals surface area contributed by atoms with E-state index in [-0.39, 0.29) is 30.5 Å². The summed E-state index contributed by atoms with van der Waals surface area (Å²) in [4.78, 5) is 23.4. The lowest BCUT2D eigenvalue weighted by atomic mass is 9.51. The number of aliphatic hydroxyl groups is 1. The summed E-state index contributed by atoms with van der Waals surface area (Å²) in [6, 6.07) is 0. The van der Waals surface area contributed by atoms with Crippen LogP contribution in [0.3, 0.4) is 0 Å². The number of halogens is 1. The number of alkyl halides is 1. The molecule has 0 saturated heterocycles. The van der Waals surface area contributed by atoms with Gasteiger partial charge in [-0.3, -0.25) is 4.79 Å². The number of allylic oxidation sites excluding steroid dienone is 6. The third-order valence-electron chi connectivity index (χ3n) is 7.44. The molecule has 4 aliphatic carbocycles. The van der Waals surface area contributed by atoms with Gasteiger partial charge < -0.3 is 10.2 Å². The van der Waals surface area contributed by atoms with Crippen molar-refractivity contribution in [2.75, 3.05) is 0 Å². The number of carboxylic acids is 1. The Kier molecular flexibility index (Phi) is 3.28. The number of carboxylic acid groups (broad SMARTS) is 1. The fourth-order valence-electron chi connectivity index (χ4n) is 5.90. The summed E-state index contributed by atoms with van der Waals surface area (Å²) in [5.74, 6) is -1.55. The van der Waals surface area contributed by atoms with E-state index in [1.807, 2.05) is 19.9 Å². The van der Waals surface area contributed by atoms with E-state index in [1.165, 1.54) is 12.2 Å². The highest BCUT2D eigenvalue weighted by molar-refractivity contribution is 6.01. The Morgan fingerprint density at radius 2 is 2.04 bits per heavy atom.